The van der Waals surface area contributed by atoms with Crippen LogP contribution in [-0.4, -0.2) is 28.4 Å². The van der Waals surface area contributed by atoms with Crippen LogP contribution in [0.25, 0.3) is 0 Å². The van der Waals surface area contributed by atoms with E-state index in [1.54, 1.807) is 0 Å². The van der Waals surface area contributed by atoms with Gasteiger partial charge in [-0.25, -0.2) is 0 Å². The molecule has 1 rings (SSSR count). The largest absolute Gasteiger partial charge is 0.364 e. The number of nitrogens with two attached hydrogens (primary N) is 1. The Kier molecular flexibility index (Phi) is 5.17. The zero-order valence-corrected chi connectivity index (χ0v) is 11.3. The molecule has 0 aliphatic carbocycles. The molecule has 0 bridgehead atoms. The van der Waals surface area contributed by atoms with Gasteiger partial charge in [0.15, 0.2) is 6.20 Å². The Balaban J connectivity index is 2.78. The molecule has 1 heterocycles. The Bertz CT molecular complexity index is 464. The van der Waals surface area contributed by atoms with Gasteiger partial charge in [-0.2, -0.15) is 0 Å². The summed E-state index contributed by atoms with van der Waals surface area (Å²) in [6, 6.07) is 1.12. The van der Waals surface area contributed by atoms with E-state index < -0.39 is 10.8 Å². The number of nitrogens with zero attached hydrogens (tertiary/aromatic N) is 2. The molecule has 0 aliphatic heterocycles. The molecule has 0 radical (unpaired) electrons. The van der Waals surface area contributed by atoms with Crippen molar-refractivity contribution in [1.82, 2.24) is 10.3 Å². The molecule has 7 nitrogen and oxygen atoms in total. The SMILES string of the molecule is CC(N)CCNC(=O)c1cc([N+](=O)[O-])ncc1Br. The lowest BCUT2D eigenvalue weighted by Gasteiger charge is -2.07. The molecule has 8 heteroatoms. The van der Waals surface area contributed by atoms with E-state index in [0.29, 0.717) is 17.4 Å². The Morgan fingerprint density at radius 2 is 2.39 bits per heavy atom. The summed E-state index contributed by atoms with van der Waals surface area (Å²) in [6.45, 7) is 2.25. The normalized spacial score (nSPS) is 11.9. The molecule has 1 aromatic rings. The predicted octanol–water partition coefficient (Wildman–Crippen LogP) is 1.22. The molecule has 98 valence electrons. The Morgan fingerprint density at radius 3 is 2.94 bits per heavy atom. The summed E-state index contributed by atoms with van der Waals surface area (Å²) >= 11 is 3.13. The van der Waals surface area contributed by atoms with E-state index in [4.69, 9.17) is 5.73 Å². The van der Waals surface area contributed by atoms with Crippen molar-refractivity contribution in [3.05, 3.63) is 32.4 Å². The van der Waals surface area contributed by atoms with Crippen molar-refractivity contribution in [3.8, 4) is 0 Å². The highest BCUT2D eigenvalue weighted by atomic mass is 79.9. The number of aromatic nitrogens is 1. The van der Waals surface area contributed by atoms with E-state index in [1.165, 1.54) is 6.20 Å². The van der Waals surface area contributed by atoms with Crippen molar-refractivity contribution in [3.63, 3.8) is 0 Å². The van der Waals surface area contributed by atoms with Crippen LogP contribution in [0.4, 0.5) is 5.82 Å². The minimum absolute atomic E-state index is 0.0134. The van der Waals surface area contributed by atoms with Crippen LogP contribution in [-0.2, 0) is 0 Å². The van der Waals surface area contributed by atoms with Crippen LogP contribution in [0, 0.1) is 10.1 Å². The van der Waals surface area contributed by atoms with Gasteiger partial charge in [0, 0.05) is 18.7 Å². The summed E-state index contributed by atoms with van der Waals surface area (Å²) in [4.78, 5) is 25.3. The zero-order chi connectivity index (χ0) is 13.7. The second kappa shape index (κ2) is 6.41. The third-order valence-corrected chi connectivity index (χ3v) is 2.79. The zero-order valence-electron chi connectivity index (χ0n) is 9.72. The van der Waals surface area contributed by atoms with Gasteiger partial charge in [0.05, 0.1) is 10.0 Å². The van der Waals surface area contributed by atoms with Crippen molar-refractivity contribution in [2.75, 3.05) is 6.54 Å². The molecule has 1 amide bonds. The fourth-order valence-corrected chi connectivity index (χ4v) is 1.61. The Hall–Kier alpha value is -1.54. The molecular weight excluding hydrogens is 304 g/mol. The highest BCUT2D eigenvalue weighted by Gasteiger charge is 2.17. The van der Waals surface area contributed by atoms with Crippen molar-refractivity contribution < 1.29 is 9.72 Å². The first-order valence-electron chi connectivity index (χ1n) is 5.25. The van der Waals surface area contributed by atoms with Crippen molar-refractivity contribution >= 4 is 27.7 Å². The molecule has 0 aromatic carbocycles. The van der Waals surface area contributed by atoms with Crippen LogP contribution in [0.3, 0.4) is 0 Å². The van der Waals surface area contributed by atoms with E-state index in [1.807, 2.05) is 6.92 Å². The third kappa shape index (κ3) is 4.04. The lowest BCUT2D eigenvalue weighted by molar-refractivity contribution is -0.389. The van der Waals surface area contributed by atoms with Crippen LogP contribution in [0.2, 0.25) is 0 Å². The number of nitrogens with one attached hydrogen (secondary N) is 1. The average Bonchev–Trinajstić information content (AvgIpc) is 2.28. The number of amides is 1. The van der Waals surface area contributed by atoms with Crippen LogP contribution in [0.1, 0.15) is 23.7 Å². The molecule has 0 saturated heterocycles. The second-order valence-corrected chi connectivity index (χ2v) is 4.66. The first kappa shape index (κ1) is 14.5. The smallest absolute Gasteiger partial charge is 0.358 e. The average molecular weight is 317 g/mol. The minimum Gasteiger partial charge on any atom is -0.358 e. The quantitative estimate of drug-likeness (QED) is 0.626. The first-order chi connectivity index (χ1) is 8.41. The second-order valence-electron chi connectivity index (χ2n) is 3.80. The van der Waals surface area contributed by atoms with E-state index in [-0.39, 0.29) is 17.4 Å². The fourth-order valence-electron chi connectivity index (χ4n) is 1.21. The number of hydrogen-bond donors (Lipinski definition) is 2. The fraction of sp³-hybridized carbons (Fsp3) is 0.400. The van der Waals surface area contributed by atoms with Gasteiger partial charge in [-0.05, 0) is 39.2 Å². The molecule has 0 spiro atoms. The van der Waals surface area contributed by atoms with Crippen molar-refractivity contribution in [2.45, 2.75) is 19.4 Å². The Labute approximate surface area is 112 Å². The van der Waals surface area contributed by atoms with Gasteiger partial charge in [0.2, 0.25) is 0 Å². The number of halogens is 1. The van der Waals surface area contributed by atoms with Gasteiger partial charge < -0.3 is 21.2 Å². The first-order valence-corrected chi connectivity index (χ1v) is 6.05. The predicted molar refractivity (Wildman–Crippen MR) is 69.2 cm³/mol. The molecular formula is C10H13BrN4O3. The monoisotopic (exact) mass is 316 g/mol. The summed E-state index contributed by atoms with van der Waals surface area (Å²) in [6.07, 6.45) is 1.87. The number of pyridine rings is 1. The minimum atomic E-state index is -0.648. The number of nitro groups is 1. The van der Waals surface area contributed by atoms with Crippen LogP contribution in [0.5, 0.6) is 0 Å². The van der Waals surface area contributed by atoms with Crippen molar-refractivity contribution in [1.29, 1.82) is 0 Å². The maximum atomic E-state index is 11.8. The van der Waals surface area contributed by atoms with Gasteiger partial charge in [0.25, 0.3) is 5.91 Å². The lowest BCUT2D eigenvalue weighted by Crippen LogP contribution is -2.29. The summed E-state index contributed by atoms with van der Waals surface area (Å²) in [5, 5.41) is 13.2. The molecule has 0 aliphatic rings. The molecule has 1 atom stereocenters. The topological polar surface area (TPSA) is 111 Å². The van der Waals surface area contributed by atoms with E-state index in [9.17, 15) is 14.9 Å². The summed E-state index contributed by atoms with van der Waals surface area (Å²) in [5.41, 5.74) is 5.73. The van der Waals surface area contributed by atoms with Gasteiger partial charge in [-0.3, -0.25) is 4.79 Å². The maximum Gasteiger partial charge on any atom is 0.364 e. The third-order valence-electron chi connectivity index (χ3n) is 2.16. The standard InChI is InChI=1S/C10H13BrN4O3/c1-6(12)2-3-13-10(16)7-4-9(15(17)18)14-5-8(7)11/h4-6H,2-3,12H2,1H3,(H,13,16). The lowest BCUT2D eigenvalue weighted by atomic mass is 10.2. The highest BCUT2D eigenvalue weighted by Crippen LogP contribution is 2.19. The van der Waals surface area contributed by atoms with Gasteiger partial charge in [0.1, 0.15) is 0 Å². The van der Waals surface area contributed by atoms with Crippen LogP contribution in [0.15, 0.2) is 16.7 Å². The summed E-state index contributed by atoms with van der Waals surface area (Å²) in [5.74, 6) is -0.761. The number of hydrogen-bond acceptors (Lipinski definition) is 5. The van der Waals surface area contributed by atoms with Crippen LogP contribution < -0.4 is 11.1 Å². The van der Waals surface area contributed by atoms with E-state index in [2.05, 4.69) is 26.2 Å². The van der Waals surface area contributed by atoms with Crippen LogP contribution >= 0.6 is 15.9 Å². The number of carbonyl (C=O) groups excluding carboxylic acids is 1. The molecule has 3 N–H and O–H groups in total. The molecule has 0 saturated carbocycles. The summed E-state index contributed by atoms with van der Waals surface area (Å²) < 4.78 is 0.409. The highest BCUT2D eigenvalue weighted by molar-refractivity contribution is 9.10. The molecule has 1 aromatic heterocycles. The molecule has 1 unspecified atom stereocenters. The number of carbonyl (C=O) groups is 1. The Morgan fingerprint density at radius 1 is 1.72 bits per heavy atom. The maximum absolute atomic E-state index is 11.8. The van der Waals surface area contributed by atoms with Gasteiger partial charge in [-0.15, -0.1) is 0 Å². The van der Waals surface area contributed by atoms with E-state index in [0.717, 1.165) is 6.07 Å². The van der Waals surface area contributed by atoms with Gasteiger partial charge in [-0.1, -0.05) is 0 Å². The summed E-state index contributed by atoms with van der Waals surface area (Å²) in [7, 11) is 0. The van der Waals surface area contributed by atoms with Crippen molar-refractivity contribution in [2.24, 2.45) is 5.73 Å². The molecule has 0 fully saturated rings. The van der Waals surface area contributed by atoms with Gasteiger partial charge >= 0.3 is 5.82 Å². The number of rotatable bonds is 5. The molecule has 18 heavy (non-hydrogen) atoms. The van der Waals surface area contributed by atoms with E-state index >= 15 is 0 Å².